The van der Waals surface area contributed by atoms with Crippen LogP contribution in [0.5, 0.6) is 0 Å². The van der Waals surface area contributed by atoms with Crippen molar-refractivity contribution in [3.05, 3.63) is 40.4 Å². The van der Waals surface area contributed by atoms with Gasteiger partial charge in [-0.25, -0.2) is 0 Å². The largest absolute Gasteiger partial charge is 0.323 e. The number of halogens is 2. The molecule has 3 fully saturated rings. The highest BCUT2D eigenvalue weighted by Crippen LogP contribution is 2.65. The summed E-state index contributed by atoms with van der Waals surface area (Å²) in [6, 6.07) is 4.72. The molecule has 1 aromatic carbocycles. The first-order valence-corrected chi connectivity index (χ1v) is 9.50. The first kappa shape index (κ1) is 16.3. The molecule has 3 amide bonds. The summed E-state index contributed by atoms with van der Waals surface area (Å²) < 4.78 is 0. The van der Waals surface area contributed by atoms with Crippen LogP contribution < -0.4 is 5.32 Å². The van der Waals surface area contributed by atoms with Crippen molar-refractivity contribution in [1.29, 1.82) is 0 Å². The fourth-order valence-electron chi connectivity index (χ4n) is 5.10. The molecular formula is C19H16Cl2N2O3. The molecule has 2 bridgehead atoms. The third-order valence-electron chi connectivity index (χ3n) is 6.26. The molecule has 6 atom stereocenters. The SMILES string of the molecule is O=C(CN1C(=O)[C@@H]2[C@@H]3C=C[C@H]([C@H]4C[C@H]34)[C@@H]2C1=O)Nc1ccc(Cl)cc1Cl. The zero-order chi connectivity index (χ0) is 18.2. The van der Waals surface area contributed by atoms with Gasteiger partial charge in [0.2, 0.25) is 17.7 Å². The number of allylic oxidation sites excluding steroid dienone is 2. The number of hydrogen-bond acceptors (Lipinski definition) is 3. The lowest BCUT2D eigenvalue weighted by Gasteiger charge is -2.37. The summed E-state index contributed by atoms with van der Waals surface area (Å²) in [6.45, 7) is -0.279. The van der Waals surface area contributed by atoms with Crippen LogP contribution in [-0.2, 0) is 14.4 Å². The monoisotopic (exact) mass is 390 g/mol. The molecule has 7 heteroatoms. The number of likely N-dealkylation sites (tertiary alicyclic amines) is 1. The zero-order valence-electron chi connectivity index (χ0n) is 13.7. The molecule has 4 aliphatic carbocycles. The average molecular weight is 391 g/mol. The third-order valence-corrected chi connectivity index (χ3v) is 6.81. The van der Waals surface area contributed by atoms with Gasteiger partial charge in [0.15, 0.2) is 0 Å². The highest BCUT2D eigenvalue weighted by molar-refractivity contribution is 6.36. The summed E-state index contributed by atoms with van der Waals surface area (Å²) in [4.78, 5) is 39.2. The normalized spacial score (nSPS) is 36.2. The van der Waals surface area contributed by atoms with Gasteiger partial charge in [0.25, 0.3) is 0 Å². The lowest BCUT2D eigenvalue weighted by Crippen LogP contribution is -2.40. The Balaban J connectivity index is 1.33. The number of imide groups is 1. The Kier molecular flexibility index (Phi) is 3.50. The van der Waals surface area contributed by atoms with Crippen molar-refractivity contribution >= 4 is 46.6 Å². The minimum atomic E-state index is -0.444. The van der Waals surface area contributed by atoms with Crippen molar-refractivity contribution in [3.8, 4) is 0 Å². The van der Waals surface area contributed by atoms with Gasteiger partial charge in [-0.3, -0.25) is 19.3 Å². The quantitative estimate of drug-likeness (QED) is 0.637. The fourth-order valence-corrected chi connectivity index (χ4v) is 5.55. The molecule has 1 aromatic rings. The van der Waals surface area contributed by atoms with E-state index in [0.717, 1.165) is 11.3 Å². The summed E-state index contributed by atoms with van der Waals surface area (Å²) in [5.41, 5.74) is 0.403. The Morgan fingerprint density at radius 3 is 2.27 bits per heavy atom. The van der Waals surface area contributed by atoms with Crippen LogP contribution in [0.15, 0.2) is 30.4 Å². The number of benzene rings is 1. The highest BCUT2D eigenvalue weighted by atomic mass is 35.5. The fraction of sp³-hybridized carbons (Fsp3) is 0.421. The molecule has 5 nitrogen and oxygen atoms in total. The van der Waals surface area contributed by atoms with Crippen molar-refractivity contribution < 1.29 is 14.4 Å². The Bertz CT molecular complexity index is 848. The topological polar surface area (TPSA) is 66.5 Å². The van der Waals surface area contributed by atoms with E-state index in [2.05, 4.69) is 17.5 Å². The van der Waals surface area contributed by atoms with E-state index in [1.165, 1.54) is 6.07 Å². The van der Waals surface area contributed by atoms with E-state index >= 15 is 0 Å². The van der Waals surface area contributed by atoms with E-state index in [4.69, 9.17) is 23.2 Å². The van der Waals surface area contributed by atoms with Crippen LogP contribution in [0, 0.1) is 35.5 Å². The van der Waals surface area contributed by atoms with Crippen LogP contribution in [0.3, 0.4) is 0 Å². The van der Waals surface area contributed by atoms with Crippen LogP contribution in [0.25, 0.3) is 0 Å². The molecule has 5 aliphatic rings. The molecule has 0 radical (unpaired) electrons. The summed E-state index contributed by atoms with van der Waals surface area (Å²) >= 11 is 11.9. The van der Waals surface area contributed by atoms with Crippen molar-refractivity contribution in [2.75, 3.05) is 11.9 Å². The molecular weight excluding hydrogens is 375 g/mol. The van der Waals surface area contributed by atoms with E-state index in [0.29, 0.717) is 27.6 Å². The second-order valence-electron chi connectivity index (χ2n) is 7.59. The van der Waals surface area contributed by atoms with Gasteiger partial charge in [0, 0.05) is 5.02 Å². The summed E-state index contributed by atoms with van der Waals surface area (Å²) in [7, 11) is 0. The van der Waals surface area contributed by atoms with Crippen LogP contribution in [0.2, 0.25) is 10.0 Å². The van der Waals surface area contributed by atoms with E-state index < -0.39 is 5.91 Å². The Labute approximate surface area is 160 Å². The number of amides is 3. The second kappa shape index (κ2) is 5.57. The molecule has 2 saturated carbocycles. The molecule has 1 heterocycles. The van der Waals surface area contributed by atoms with E-state index in [-0.39, 0.29) is 42.0 Å². The first-order valence-electron chi connectivity index (χ1n) is 8.74. The smallest absolute Gasteiger partial charge is 0.244 e. The molecule has 1 N–H and O–H groups in total. The number of anilines is 1. The van der Waals surface area contributed by atoms with Gasteiger partial charge in [-0.15, -0.1) is 0 Å². The van der Waals surface area contributed by atoms with Gasteiger partial charge < -0.3 is 5.32 Å². The summed E-state index contributed by atoms with van der Waals surface area (Å²) in [6.07, 6.45) is 5.34. The van der Waals surface area contributed by atoms with Crippen LogP contribution in [0.4, 0.5) is 5.69 Å². The molecule has 134 valence electrons. The van der Waals surface area contributed by atoms with E-state index in [1.807, 2.05) is 0 Å². The predicted molar refractivity (Wildman–Crippen MR) is 96.5 cm³/mol. The van der Waals surface area contributed by atoms with Crippen molar-refractivity contribution in [3.63, 3.8) is 0 Å². The molecule has 6 rings (SSSR count). The van der Waals surface area contributed by atoms with Crippen molar-refractivity contribution in [2.45, 2.75) is 6.42 Å². The van der Waals surface area contributed by atoms with Gasteiger partial charge in [-0.2, -0.15) is 0 Å². The number of rotatable bonds is 3. The first-order chi connectivity index (χ1) is 12.5. The molecule has 1 saturated heterocycles. The van der Waals surface area contributed by atoms with E-state index in [9.17, 15) is 14.4 Å². The Morgan fingerprint density at radius 1 is 1.08 bits per heavy atom. The lowest BCUT2D eigenvalue weighted by molar-refractivity contribution is -0.142. The predicted octanol–water partition coefficient (Wildman–Crippen LogP) is 2.99. The molecule has 0 unspecified atom stereocenters. The highest BCUT2D eigenvalue weighted by Gasteiger charge is 2.67. The van der Waals surface area contributed by atoms with Crippen molar-refractivity contribution in [2.24, 2.45) is 35.5 Å². The van der Waals surface area contributed by atoms with Crippen molar-refractivity contribution in [1.82, 2.24) is 4.90 Å². The summed E-state index contributed by atoms with van der Waals surface area (Å²) in [5, 5.41) is 3.42. The van der Waals surface area contributed by atoms with E-state index in [1.54, 1.807) is 12.1 Å². The molecule has 1 aliphatic heterocycles. The van der Waals surface area contributed by atoms with Gasteiger partial charge in [0.05, 0.1) is 22.5 Å². The maximum Gasteiger partial charge on any atom is 0.244 e. The lowest BCUT2D eigenvalue weighted by atomic mass is 9.63. The standard InChI is InChI=1S/C19H16Cl2N2O3/c20-8-1-4-14(13(21)5-8)22-15(24)7-23-18(25)16-9-2-3-10(12-6-11(9)12)17(16)19(23)26/h1-5,9-12,16-17H,6-7H2,(H,22,24)/t9-,10-,11-,12-,16-,17+/m1/s1. The summed E-state index contributed by atoms with van der Waals surface area (Å²) in [5.74, 6) is -0.0183. The minimum Gasteiger partial charge on any atom is -0.323 e. The number of carbonyl (C=O) groups is 3. The number of carbonyl (C=O) groups excluding carboxylic acids is 3. The molecule has 0 spiro atoms. The third kappa shape index (κ3) is 2.26. The van der Waals surface area contributed by atoms with Gasteiger partial charge in [0.1, 0.15) is 6.54 Å². The molecule has 26 heavy (non-hydrogen) atoms. The minimum absolute atomic E-state index is 0.158. The van der Waals surface area contributed by atoms with Gasteiger partial charge >= 0.3 is 0 Å². The Hall–Kier alpha value is -1.85. The second-order valence-corrected chi connectivity index (χ2v) is 8.43. The number of nitrogens with zero attached hydrogens (tertiary/aromatic N) is 1. The number of hydrogen-bond donors (Lipinski definition) is 1. The maximum atomic E-state index is 12.9. The average Bonchev–Trinajstić information content (AvgIpc) is 3.39. The number of nitrogens with one attached hydrogen (secondary N) is 1. The van der Waals surface area contributed by atoms with Gasteiger partial charge in [-0.05, 0) is 48.3 Å². The zero-order valence-corrected chi connectivity index (χ0v) is 15.2. The van der Waals surface area contributed by atoms with Gasteiger partial charge in [-0.1, -0.05) is 35.4 Å². The Morgan fingerprint density at radius 2 is 1.69 bits per heavy atom. The molecule has 0 aromatic heterocycles. The maximum absolute atomic E-state index is 12.9. The van der Waals surface area contributed by atoms with Crippen LogP contribution >= 0.6 is 23.2 Å². The van der Waals surface area contributed by atoms with Crippen LogP contribution in [0.1, 0.15) is 6.42 Å². The van der Waals surface area contributed by atoms with Crippen LogP contribution in [-0.4, -0.2) is 29.2 Å².